The van der Waals surface area contributed by atoms with E-state index in [0.717, 1.165) is 0 Å². The first-order chi connectivity index (χ1) is 12.0. The molecule has 25 heavy (non-hydrogen) atoms. The summed E-state index contributed by atoms with van der Waals surface area (Å²) >= 11 is 11.8. The Morgan fingerprint density at radius 3 is 2.00 bits per heavy atom. The molecule has 3 aromatic rings. The topological polar surface area (TPSA) is 60.2 Å². The van der Waals surface area contributed by atoms with Crippen molar-refractivity contribution >= 4 is 40.5 Å². The fourth-order valence-electron chi connectivity index (χ4n) is 2.45. The Balaban J connectivity index is 1.99. The maximum atomic E-state index is 12.7. The molecule has 3 aromatic carbocycles. The minimum absolute atomic E-state index is 0.211. The van der Waals surface area contributed by atoms with E-state index in [0.29, 0.717) is 32.4 Å². The summed E-state index contributed by atoms with van der Waals surface area (Å²) in [7, 11) is 0. The molecule has 0 spiro atoms. The highest BCUT2D eigenvalue weighted by molar-refractivity contribution is 6.31. The number of anilines is 1. The van der Waals surface area contributed by atoms with Crippen molar-refractivity contribution in [3.8, 4) is 0 Å². The quantitative estimate of drug-likeness (QED) is 0.517. The van der Waals surface area contributed by atoms with Gasteiger partial charge in [-0.25, -0.2) is 0 Å². The molecule has 0 atom stereocenters. The molecule has 0 aliphatic carbocycles. The average molecular weight is 370 g/mol. The molecule has 0 unspecified atom stereocenters. The summed E-state index contributed by atoms with van der Waals surface area (Å²) in [5.74, 6) is -0.498. The Morgan fingerprint density at radius 1 is 0.680 bits per heavy atom. The molecule has 0 heterocycles. The molecule has 0 amide bonds. The van der Waals surface area contributed by atoms with Crippen LogP contribution >= 0.6 is 23.2 Å². The summed E-state index contributed by atoms with van der Waals surface area (Å²) in [5, 5.41) is 1.00. The second kappa shape index (κ2) is 7.09. The molecule has 0 saturated carbocycles. The lowest BCUT2D eigenvalue weighted by molar-refractivity contribution is 0.103. The van der Waals surface area contributed by atoms with Crippen LogP contribution in [0.2, 0.25) is 10.0 Å². The molecule has 0 saturated heterocycles. The highest BCUT2D eigenvalue weighted by Crippen LogP contribution is 2.22. The van der Waals surface area contributed by atoms with Crippen LogP contribution in [0.5, 0.6) is 0 Å². The van der Waals surface area contributed by atoms with Gasteiger partial charge in [0.05, 0.1) is 0 Å². The van der Waals surface area contributed by atoms with Crippen LogP contribution in [0.1, 0.15) is 31.8 Å². The zero-order valence-electron chi connectivity index (χ0n) is 13.0. The van der Waals surface area contributed by atoms with Gasteiger partial charge in [-0.3, -0.25) is 9.59 Å². The van der Waals surface area contributed by atoms with E-state index in [1.54, 1.807) is 60.7 Å². The fourth-order valence-corrected chi connectivity index (χ4v) is 2.76. The van der Waals surface area contributed by atoms with Crippen LogP contribution in [-0.4, -0.2) is 11.6 Å². The van der Waals surface area contributed by atoms with Crippen LogP contribution in [0.3, 0.4) is 0 Å². The largest absolute Gasteiger partial charge is 0.398 e. The van der Waals surface area contributed by atoms with Gasteiger partial charge in [0.25, 0.3) is 0 Å². The van der Waals surface area contributed by atoms with E-state index in [-0.39, 0.29) is 17.1 Å². The van der Waals surface area contributed by atoms with Gasteiger partial charge in [-0.05, 0) is 54.6 Å². The molecule has 0 radical (unpaired) electrons. The van der Waals surface area contributed by atoms with Crippen molar-refractivity contribution in [3.05, 3.63) is 99.0 Å². The van der Waals surface area contributed by atoms with Gasteiger partial charge in [0.15, 0.2) is 11.6 Å². The highest BCUT2D eigenvalue weighted by atomic mass is 35.5. The molecule has 2 N–H and O–H groups in total. The van der Waals surface area contributed by atoms with E-state index < -0.39 is 0 Å². The van der Waals surface area contributed by atoms with Crippen molar-refractivity contribution in [1.82, 2.24) is 0 Å². The number of hydrogen-bond donors (Lipinski definition) is 1. The smallest absolute Gasteiger partial charge is 0.195 e. The first-order valence-corrected chi connectivity index (χ1v) is 8.21. The van der Waals surface area contributed by atoms with Crippen LogP contribution in [0.4, 0.5) is 5.69 Å². The minimum atomic E-state index is -0.286. The maximum absolute atomic E-state index is 12.7. The van der Waals surface area contributed by atoms with Crippen molar-refractivity contribution in [2.24, 2.45) is 0 Å². The summed E-state index contributed by atoms with van der Waals surface area (Å²) < 4.78 is 0. The molecule has 5 heteroatoms. The number of halogens is 2. The van der Waals surface area contributed by atoms with Gasteiger partial charge in [-0.1, -0.05) is 35.3 Å². The van der Waals surface area contributed by atoms with Crippen LogP contribution in [0.15, 0.2) is 66.7 Å². The first kappa shape index (κ1) is 17.2. The molecule has 3 rings (SSSR count). The zero-order valence-corrected chi connectivity index (χ0v) is 14.5. The Hall–Kier alpha value is -2.62. The van der Waals surface area contributed by atoms with E-state index in [2.05, 4.69) is 0 Å². The average Bonchev–Trinajstić information content (AvgIpc) is 2.61. The monoisotopic (exact) mass is 369 g/mol. The zero-order chi connectivity index (χ0) is 18.0. The number of hydrogen-bond acceptors (Lipinski definition) is 3. The second-order valence-electron chi connectivity index (χ2n) is 5.48. The van der Waals surface area contributed by atoms with E-state index in [9.17, 15) is 9.59 Å². The maximum Gasteiger partial charge on any atom is 0.195 e. The van der Waals surface area contributed by atoms with E-state index in [1.807, 2.05) is 0 Å². The lowest BCUT2D eigenvalue weighted by atomic mass is 9.96. The summed E-state index contributed by atoms with van der Waals surface area (Å²) in [5.41, 5.74) is 7.78. The van der Waals surface area contributed by atoms with Gasteiger partial charge in [0, 0.05) is 38.0 Å². The second-order valence-corrected chi connectivity index (χ2v) is 6.35. The third kappa shape index (κ3) is 3.73. The standard InChI is InChI=1S/C20H13Cl2NO2/c21-15-7-4-12(5-8-15)19(24)14-6-9-18(23)17(11-14)20(25)13-2-1-3-16(22)10-13/h1-11H,23H2. The van der Waals surface area contributed by atoms with Crippen molar-refractivity contribution in [1.29, 1.82) is 0 Å². The van der Waals surface area contributed by atoms with Crippen LogP contribution in [-0.2, 0) is 0 Å². The third-order valence-electron chi connectivity index (χ3n) is 3.75. The minimum Gasteiger partial charge on any atom is -0.398 e. The van der Waals surface area contributed by atoms with Gasteiger partial charge in [-0.15, -0.1) is 0 Å². The van der Waals surface area contributed by atoms with E-state index in [4.69, 9.17) is 28.9 Å². The molecule has 0 aromatic heterocycles. The number of ketones is 2. The van der Waals surface area contributed by atoms with Gasteiger partial charge in [-0.2, -0.15) is 0 Å². The van der Waals surface area contributed by atoms with Crippen LogP contribution < -0.4 is 5.73 Å². The lowest BCUT2D eigenvalue weighted by Gasteiger charge is -2.08. The third-order valence-corrected chi connectivity index (χ3v) is 4.24. The van der Waals surface area contributed by atoms with Crippen molar-refractivity contribution in [2.75, 3.05) is 5.73 Å². The normalized spacial score (nSPS) is 10.5. The predicted molar refractivity (Wildman–Crippen MR) is 101 cm³/mol. The number of nitrogens with two attached hydrogens (primary N) is 1. The number of nitrogen functional groups attached to an aromatic ring is 1. The van der Waals surface area contributed by atoms with Crippen LogP contribution in [0.25, 0.3) is 0 Å². The Labute approximate surface area is 155 Å². The first-order valence-electron chi connectivity index (χ1n) is 7.46. The Kier molecular flexibility index (Phi) is 4.88. The highest BCUT2D eigenvalue weighted by Gasteiger charge is 2.17. The summed E-state index contributed by atoms with van der Waals surface area (Å²) in [6, 6.07) is 17.8. The van der Waals surface area contributed by atoms with Crippen molar-refractivity contribution in [3.63, 3.8) is 0 Å². The molecule has 0 aliphatic rings. The summed E-state index contributed by atoms with van der Waals surface area (Å²) in [6.45, 7) is 0. The molecule has 0 bridgehead atoms. The van der Waals surface area contributed by atoms with Gasteiger partial charge < -0.3 is 5.73 Å². The van der Waals surface area contributed by atoms with Gasteiger partial charge >= 0.3 is 0 Å². The molecular formula is C20H13Cl2NO2. The molecule has 0 aliphatic heterocycles. The van der Waals surface area contributed by atoms with Crippen LogP contribution in [0, 0.1) is 0 Å². The van der Waals surface area contributed by atoms with Gasteiger partial charge in [0.2, 0.25) is 0 Å². The Morgan fingerprint density at radius 2 is 1.32 bits per heavy atom. The van der Waals surface area contributed by atoms with E-state index in [1.165, 1.54) is 6.07 Å². The number of rotatable bonds is 4. The number of benzene rings is 3. The SMILES string of the molecule is Nc1ccc(C(=O)c2ccc(Cl)cc2)cc1C(=O)c1cccc(Cl)c1. The van der Waals surface area contributed by atoms with Gasteiger partial charge in [0.1, 0.15) is 0 Å². The van der Waals surface area contributed by atoms with Crippen molar-refractivity contribution < 1.29 is 9.59 Å². The predicted octanol–water partition coefficient (Wildman–Crippen LogP) is 5.04. The summed E-state index contributed by atoms with van der Waals surface area (Å²) in [4.78, 5) is 25.3. The molecule has 0 fully saturated rings. The van der Waals surface area contributed by atoms with Crippen molar-refractivity contribution in [2.45, 2.75) is 0 Å². The number of carbonyl (C=O) groups excluding carboxylic acids is 2. The fraction of sp³-hybridized carbons (Fsp3) is 0. The molecule has 124 valence electrons. The lowest BCUT2D eigenvalue weighted by Crippen LogP contribution is -2.09. The van der Waals surface area contributed by atoms with E-state index >= 15 is 0 Å². The summed E-state index contributed by atoms with van der Waals surface area (Å²) in [6.07, 6.45) is 0. The molecular weight excluding hydrogens is 357 g/mol. The molecule has 3 nitrogen and oxygen atoms in total. The number of carbonyl (C=O) groups is 2. The Bertz CT molecular complexity index is 966.